The van der Waals surface area contributed by atoms with Gasteiger partial charge in [-0.25, -0.2) is 9.37 Å². The molecule has 0 bridgehead atoms. The van der Waals surface area contributed by atoms with Crippen LogP contribution in [0.4, 0.5) is 22.0 Å². The SMILES string of the molecule is C[C@H](Nc1nccc(Nc2cc([C@H]3C[C@H]3F)[nH]n2)n1)c1ccc2[nH]ccc2c1. The van der Waals surface area contributed by atoms with Gasteiger partial charge in [0.15, 0.2) is 5.82 Å². The molecule has 0 unspecified atom stereocenters. The number of aromatic nitrogens is 5. The topological polar surface area (TPSA) is 94.3 Å². The van der Waals surface area contributed by atoms with Gasteiger partial charge in [0.05, 0.1) is 6.04 Å². The monoisotopic (exact) mass is 377 g/mol. The third-order valence-electron chi connectivity index (χ3n) is 5.04. The predicted molar refractivity (Wildman–Crippen MR) is 106 cm³/mol. The molecule has 1 aromatic carbocycles. The highest BCUT2D eigenvalue weighted by Gasteiger charge is 2.40. The fourth-order valence-corrected chi connectivity index (χ4v) is 3.32. The Bertz CT molecular complexity index is 1120. The van der Waals surface area contributed by atoms with Gasteiger partial charge in [0, 0.05) is 35.6 Å². The normalized spacial score (nSPS) is 19.5. The van der Waals surface area contributed by atoms with E-state index in [1.54, 1.807) is 12.3 Å². The third-order valence-corrected chi connectivity index (χ3v) is 5.04. The molecule has 0 saturated heterocycles. The van der Waals surface area contributed by atoms with E-state index in [-0.39, 0.29) is 12.0 Å². The Morgan fingerprint density at radius 1 is 1.18 bits per heavy atom. The second-order valence-corrected chi connectivity index (χ2v) is 7.15. The highest BCUT2D eigenvalue weighted by molar-refractivity contribution is 5.80. The molecule has 3 atom stereocenters. The lowest BCUT2D eigenvalue weighted by Gasteiger charge is -2.15. The molecule has 0 spiro atoms. The molecule has 28 heavy (non-hydrogen) atoms. The number of alkyl halides is 1. The van der Waals surface area contributed by atoms with Crippen molar-refractivity contribution >= 4 is 28.5 Å². The molecular formula is C20H20FN7. The van der Waals surface area contributed by atoms with Crippen molar-refractivity contribution in [2.75, 3.05) is 10.6 Å². The number of rotatable bonds is 6. The fourth-order valence-electron chi connectivity index (χ4n) is 3.32. The molecule has 3 heterocycles. The lowest BCUT2D eigenvalue weighted by atomic mass is 10.1. The maximum Gasteiger partial charge on any atom is 0.225 e. The first-order valence-corrected chi connectivity index (χ1v) is 9.29. The molecule has 1 aliphatic rings. The van der Waals surface area contributed by atoms with Crippen molar-refractivity contribution in [3.8, 4) is 0 Å². The van der Waals surface area contributed by atoms with Crippen molar-refractivity contribution < 1.29 is 4.39 Å². The van der Waals surface area contributed by atoms with Crippen molar-refractivity contribution in [2.24, 2.45) is 0 Å². The molecule has 0 aliphatic heterocycles. The van der Waals surface area contributed by atoms with Crippen LogP contribution in [0.25, 0.3) is 10.9 Å². The Labute approximate surface area is 160 Å². The predicted octanol–water partition coefficient (Wildman–Crippen LogP) is 4.42. The maximum absolute atomic E-state index is 13.2. The zero-order valence-corrected chi connectivity index (χ0v) is 15.3. The molecule has 8 heteroatoms. The van der Waals surface area contributed by atoms with Crippen LogP contribution < -0.4 is 10.6 Å². The number of anilines is 3. The average molecular weight is 377 g/mol. The van der Waals surface area contributed by atoms with E-state index in [2.05, 4.69) is 67.0 Å². The number of hydrogen-bond donors (Lipinski definition) is 4. The molecule has 0 amide bonds. The van der Waals surface area contributed by atoms with E-state index in [1.165, 1.54) is 5.39 Å². The van der Waals surface area contributed by atoms with E-state index in [9.17, 15) is 4.39 Å². The summed E-state index contributed by atoms with van der Waals surface area (Å²) in [7, 11) is 0. The Kier molecular flexibility index (Phi) is 3.96. The lowest BCUT2D eigenvalue weighted by Crippen LogP contribution is -2.10. The van der Waals surface area contributed by atoms with Gasteiger partial charge in [-0.1, -0.05) is 6.07 Å². The fraction of sp³-hybridized carbons (Fsp3) is 0.250. The van der Waals surface area contributed by atoms with Gasteiger partial charge in [-0.15, -0.1) is 0 Å². The van der Waals surface area contributed by atoms with Crippen LogP contribution in [-0.2, 0) is 0 Å². The van der Waals surface area contributed by atoms with Gasteiger partial charge in [-0.2, -0.15) is 10.1 Å². The number of H-pyrrole nitrogens is 2. The molecule has 0 radical (unpaired) electrons. The molecular weight excluding hydrogens is 357 g/mol. The minimum Gasteiger partial charge on any atom is -0.361 e. The summed E-state index contributed by atoms with van der Waals surface area (Å²) in [6.07, 6.45) is 3.43. The van der Waals surface area contributed by atoms with E-state index in [1.807, 2.05) is 12.3 Å². The number of nitrogens with zero attached hydrogens (tertiary/aromatic N) is 3. The van der Waals surface area contributed by atoms with Gasteiger partial charge in [0.25, 0.3) is 0 Å². The van der Waals surface area contributed by atoms with Crippen molar-refractivity contribution in [1.29, 1.82) is 0 Å². The molecule has 7 nitrogen and oxygen atoms in total. The van der Waals surface area contributed by atoms with Crippen LogP contribution in [0.3, 0.4) is 0 Å². The highest BCUT2D eigenvalue weighted by Crippen LogP contribution is 2.43. The maximum atomic E-state index is 13.2. The Morgan fingerprint density at radius 3 is 2.93 bits per heavy atom. The Morgan fingerprint density at radius 2 is 2.07 bits per heavy atom. The first-order chi connectivity index (χ1) is 13.7. The van der Waals surface area contributed by atoms with Crippen LogP contribution in [-0.4, -0.2) is 31.3 Å². The molecule has 1 saturated carbocycles. The zero-order valence-electron chi connectivity index (χ0n) is 15.3. The van der Waals surface area contributed by atoms with Crippen molar-refractivity contribution in [1.82, 2.24) is 25.1 Å². The van der Waals surface area contributed by atoms with E-state index in [0.29, 0.717) is 24.0 Å². The quantitative estimate of drug-likeness (QED) is 0.399. The zero-order chi connectivity index (χ0) is 19.1. The van der Waals surface area contributed by atoms with E-state index in [4.69, 9.17) is 0 Å². The first kappa shape index (κ1) is 16.7. The summed E-state index contributed by atoms with van der Waals surface area (Å²) in [5.41, 5.74) is 3.08. The summed E-state index contributed by atoms with van der Waals surface area (Å²) in [5, 5.41) is 14.7. The molecule has 3 aromatic heterocycles. The molecule has 4 aromatic rings. The summed E-state index contributed by atoms with van der Waals surface area (Å²) in [4.78, 5) is 12.0. The van der Waals surface area contributed by atoms with Crippen LogP contribution in [0.1, 0.15) is 36.6 Å². The second-order valence-electron chi connectivity index (χ2n) is 7.15. The first-order valence-electron chi connectivity index (χ1n) is 9.29. The van der Waals surface area contributed by atoms with Crippen LogP contribution in [0.15, 0.2) is 48.8 Å². The van der Waals surface area contributed by atoms with Gasteiger partial charge < -0.3 is 15.6 Å². The van der Waals surface area contributed by atoms with Gasteiger partial charge in [-0.05, 0) is 48.6 Å². The Hall–Kier alpha value is -3.42. The highest BCUT2D eigenvalue weighted by atomic mass is 19.1. The third kappa shape index (κ3) is 3.28. The van der Waals surface area contributed by atoms with Gasteiger partial charge in [-0.3, -0.25) is 5.10 Å². The summed E-state index contributed by atoms with van der Waals surface area (Å²) >= 11 is 0. The summed E-state index contributed by atoms with van der Waals surface area (Å²) in [5.74, 6) is 1.71. The standard InChI is InChI=1S/C20H20FN7/c1-11(12-2-3-16-13(8-12)4-6-22-16)24-20-23-7-5-18(26-20)25-19-10-17(27-28-19)14-9-15(14)21/h2-8,10-11,14-15,22H,9H2,1H3,(H3,23,24,25,26,27,28)/t11-,14-,15+/m0/s1. The summed E-state index contributed by atoms with van der Waals surface area (Å²) < 4.78 is 13.2. The summed E-state index contributed by atoms with van der Waals surface area (Å²) in [6, 6.07) is 12.0. The van der Waals surface area contributed by atoms with Crippen LogP contribution in [0.5, 0.6) is 0 Å². The number of hydrogen-bond acceptors (Lipinski definition) is 5. The number of fused-ring (bicyclic) bond motifs is 1. The number of nitrogens with one attached hydrogen (secondary N) is 4. The smallest absolute Gasteiger partial charge is 0.225 e. The van der Waals surface area contributed by atoms with E-state index in [0.717, 1.165) is 16.8 Å². The van der Waals surface area contributed by atoms with Crippen molar-refractivity contribution in [3.63, 3.8) is 0 Å². The molecule has 4 N–H and O–H groups in total. The average Bonchev–Trinajstić information content (AvgIpc) is 3.09. The largest absolute Gasteiger partial charge is 0.361 e. The number of benzene rings is 1. The van der Waals surface area contributed by atoms with Gasteiger partial charge in [0.1, 0.15) is 12.0 Å². The minimum absolute atomic E-state index is 0.0443. The van der Waals surface area contributed by atoms with E-state index < -0.39 is 6.17 Å². The van der Waals surface area contributed by atoms with Gasteiger partial charge in [0.2, 0.25) is 5.95 Å². The molecule has 1 fully saturated rings. The molecule has 1 aliphatic carbocycles. The Balaban J connectivity index is 1.29. The summed E-state index contributed by atoms with van der Waals surface area (Å²) in [6.45, 7) is 2.07. The molecule has 5 rings (SSSR count). The lowest BCUT2D eigenvalue weighted by molar-refractivity contribution is 0.466. The van der Waals surface area contributed by atoms with E-state index >= 15 is 0 Å². The number of aromatic amines is 2. The van der Waals surface area contributed by atoms with Crippen molar-refractivity contribution in [3.05, 3.63) is 60.0 Å². The van der Waals surface area contributed by atoms with Crippen LogP contribution in [0.2, 0.25) is 0 Å². The number of halogens is 1. The van der Waals surface area contributed by atoms with Crippen molar-refractivity contribution in [2.45, 2.75) is 31.5 Å². The van der Waals surface area contributed by atoms with Crippen LogP contribution in [0, 0.1) is 0 Å². The minimum atomic E-state index is -0.755. The van der Waals surface area contributed by atoms with Crippen LogP contribution >= 0.6 is 0 Å². The van der Waals surface area contributed by atoms with Gasteiger partial charge >= 0.3 is 0 Å². The molecule has 142 valence electrons. The second kappa shape index (κ2) is 6.63.